The van der Waals surface area contributed by atoms with Crippen LogP contribution in [0.2, 0.25) is 0 Å². The van der Waals surface area contributed by atoms with Crippen molar-refractivity contribution in [3.8, 4) is 5.75 Å². The number of aryl methyl sites for hydroxylation is 1. The molecule has 0 fully saturated rings. The van der Waals surface area contributed by atoms with E-state index in [1.54, 1.807) is 49.6 Å². The first kappa shape index (κ1) is 24.1. The molecule has 2 aromatic carbocycles. The largest absolute Gasteiger partial charge is 0.497 e. The van der Waals surface area contributed by atoms with E-state index in [4.69, 9.17) is 4.74 Å². The smallest absolute Gasteiger partial charge is 0.251 e. The number of ether oxygens (including phenoxy) is 1. The van der Waals surface area contributed by atoms with Gasteiger partial charge in [0.25, 0.3) is 5.91 Å². The number of rotatable bonds is 10. The lowest BCUT2D eigenvalue weighted by atomic mass is 10.1. The van der Waals surface area contributed by atoms with Crippen LogP contribution in [0.5, 0.6) is 5.75 Å². The fourth-order valence-electron chi connectivity index (χ4n) is 3.08. The topological polar surface area (TPSA) is 98.1 Å². The highest BCUT2D eigenvalue weighted by Crippen LogP contribution is 2.22. The van der Waals surface area contributed by atoms with Crippen LogP contribution in [0.1, 0.15) is 34.7 Å². The van der Waals surface area contributed by atoms with E-state index < -0.39 is 0 Å². The Bertz CT molecular complexity index is 1110. The van der Waals surface area contributed by atoms with Crippen LogP contribution in [-0.2, 0) is 11.3 Å². The SMILES string of the molecule is C=CCn1c(SCC(=O)Nc2ccc(OC)cc2)nnc1[C@H](C)NC(=O)c1ccc(C)cc1. The first-order valence-corrected chi connectivity index (χ1v) is 11.4. The molecule has 33 heavy (non-hydrogen) atoms. The number of carbonyl (C=O) groups is 2. The summed E-state index contributed by atoms with van der Waals surface area (Å²) in [5, 5.41) is 14.9. The fourth-order valence-corrected chi connectivity index (χ4v) is 3.83. The average Bonchev–Trinajstić information content (AvgIpc) is 3.21. The molecule has 0 aliphatic rings. The number of benzene rings is 2. The van der Waals surface area contributed by atoms with Crippen LogP contribution in [0, 0.1) is 6.92 Å². The summed E-state index contributed by atoms with van der Waals surface area (Å²) in [6.07, 6.45) is 1.73. The van der Waals surface area contributed by atoms with Crippen LogP contribution < -0.4 is 15.4 Å². The van der Waals surface area contributed by atoms with E-state index in [1.165, 1.54) is 11.8 Å². The van der Waals surface area contributed by atoms with Crippen molar-refractivity contribution >= 4 is 29.3 Å². The number of anilines is 1. The fraction of sp³-hybridized carbons (Fsp3) is 0.250. The van der Waals surface area contributed by atoms with Crippen molar-refractivity contribution in [1.82, 2.24) is 20.1 Å². The quantitative estimate of drug-likeness (QED) is 0.347. The molecule has 0 saturated carbocycles. The van der Waals surface area contributed by atoms with Crippen LogP contribution in [0.25, 0.3) is 0 Å². The maximum absolute atomic E-state index is 12.6. The van der Waals surface area contributed by atoms with Gasteiger partial charge in [-0.3, -0.25) is 9.59 Å². The predicted molar refractivity (Wildman–Crippen MR) is 130 cm³/mol. The maximum atomic E-state index is 12.6. The second-order valence-corrected chi connectivity index (χ2v) is 8.31. The number of hydrogen-bond acceptors (Lipinski definition) is 6. The molecule has 172 valence electrons. The molecule has 0 aliphatic carbocycles. The number of methoxy groups -OCH3 is 1. The van der Waals surface area contributed by atoms with Crippen LogP contribution in [0.15, 0.2) is 66.3 Å². The van der Waals surface area contributed by atoms with Gasteiger partial charge < -0.3 is 19.9 Å². The van der Waals surface area contributed by atoms with E-state index in [0.717, 1.165) is 11.3 Å². The third-order valence-electron chi connectivity index (χ3n) is 4.81. The summed E-state index contributed by atoms with van der Waals surface area (Å²) in [7, 11) is 1.59. The molecule has 1 aromatic heterocycles. The molecule has 0 unspecified atom stereocenters. The maximum Gasteiger partial charge on any atom is 0.251 e. The van der Waals surface area contributed by atoms with Gasteiger partial charge in [0.15, 0.2) is 11.0 Å². The highest BCUT2D eigenvalue weighted by molar-refractivity contribution is 7.99. The third-order valence-corrected chi connectivity index (χ3v) is 5.78. The third kappa shape index (κ3) is 6.45. The molecular weight excluding hydrogens is 438 g/mol. The highest BCUT2D eigenvalue weighted by Gasteiger charge is 2.20. The van der Waals surface area contributed by atoms with Gasteiger partial charge in [0.2, 0.25) is 5.91 Å². The Labute approximate surface area is 197 Å². The molecule has 9 heteroatoms. The lowest BCUT2D eigenvalue weighted by molar-refractivity contribution is -0.113. The van der Waals surface area contributed by atoms with E-state index >= 15 is 0 Å². The van der Waals surface area contributed by atoms with Gasteiger partial charge >= 0.3 is 0 Å². The molecule has 1 atom stereocenters. The van der Waals surface area contributed by atoms with E-state index in [9.17, 15) is 9.59 Å². The molecule has 3 aromatic rings. The summed E-state index contributed by atoms with van der Waals surface area (Å²) in [5.41, 5.74) is 2.34. The zero-order valence-corrected chi connectivity index (χ0v) is 19.7. The molecule has 0 radical (unpaired) electrons. The van der Waals surface area contributed by atoms with Crippen molar-refractivity contribution < 1.29 is 14.3 Å². The van der Waals surface area contributed by atoms with Gasteiger partial charge in [0, 0.05) is 17.8 Å². The number of allylic oxidation sites excluding steroid dienone is 1. The second-order valence-electron chi connectivity index (χ2n) is 7.37. The number of aromatic nitrogens is 3. The van der Waals surface area contributed by atoms with E-state index in [-0.39, 0.29) is 23.6 Å². The summed E-state index contributed by atoms with van der Waals surface area (Å²) in [4.78, 5) is 25.0. The van der Waals surface area contributed by atoms with Gasteiger partial charge in [-0.15, -0.1) is 16.8 Å². The zero-order valence-electron chi connectivity index (χ0n) is 18.9. The van der Waals surface area contributed by atoms with Crippen LogP contribution in [-0.4, -0.2) is 39.4 Å². The van der Waals surface area contributed by atoms with Gasteiger partial charge in [0.05, 0.1) is 18.9 Å². The van der Waals surface area contributed by atoms with E-state index in [1.807, 2.05) is 30.5 Å². The molecule has 0 spiro atoms. The normalized spacial score (nSPS) is 11.5. The number of hydrogen-bond donors (Lipinski definition) is 2. The zero-order chi connectivity index (χ0) is 23.8. The number of nitrogens with zero attached hydrogens (tertiary/aromatic N) is 3. The lowest BCUT2D eigenvalue weighted by Crippen LogP contribution is -2.28. The van der Waals surface area contributed by atoms with Gasteiger partial charge in [-0.2, -0.15) is 0 Å². The first-order valence-electron chi connectivity index (χ1n) is 10.4. The van der Waals surface area contributed by atoms with Crippen molar-refractivity contribution in [1.29, 1.82) is 0 Å². The average molecular weight is 466 g/mol. The molecular formula is C24H27N5O3S. The highest BCUT2D eigenvalue weighted by atomic mass is 32.2. The van der Waals surface area contributed by atoms with Crippen molar-refractivity contribution in [3.05, 3.63) is 78.1 Å². The van der Waals surface area contributed by atoms with Crippen LogP contribution >= 0.6 is 11.8 Å². The monoisotopic (exact) mass is 465 g/mol. The van der Waals surface area contributed by atoms with Gasteiger partial charge in [-0.1, -0.05) is 35.5 Å². The van der Waals surface area contributed by atoms with Gasteiger partial charge in [-0.05, 0) is 50.2 Å². The Hall–Kier alpha value is -3.59. The number of nitrogens with one attached hydrogen (secondary N) is 2. The Balaban J connectivity index is 1.64. The number of amides is 2. The van der Waals surface area contributed by atoms with Gasteiger partial charge in [0.1, 0.15) is 5.75 Å². The lowest BCUT2D eigenvalue weighted by Gasteiger charge is -2.15. The van der Waals surface area contributed by atoms with Crippen molar-refractivity contribution in [2.45, 2.75) is 31.6 Å². The summed E-state index contributed by atoms with van der Waals surface area (Å²) in [5.74, 6) is 1.11. The Morgan fingerprint density at radius 2 is 1.85 bits per heavy atom. The summed E-state index contributed by atoms with van der Waals surface area (Å²) < 4.78 is 6.97. The van der Waals surface area contributed by atoms with Gasteiger partial charge in [-0.25, -0.2) is 0 Å². The summed E-state index contributed by atoms with van der Waals surface area (Å²) in [6, 6.07) is 14.1. The molecule has 0 saturated heterocycles. The molecule has 0 aliphatic heterocycles. The van der Waals surface area contributed by atoms with E-state index in [0.29, 0.717) is 28.8 Å². The molecule has 8 nitrogen and oxygen atoms in total. The first-order chi connectivity index (χ1) is 15.9. The van der Waals surface area contributed by atoms with Crippen LogP contribution in [0.3, 0.4) is 0 Å². The number of thioether (sulfide) groups is 1. The molecule has 2 amide bonds. The van der Waals surface area contributed by atoms with Crippen molar-refractivity contribution in [2.75, 3.05) is 18.2 Å². The molecule has 3 rings (SSSR count). The standard InChI is InChI=1S/C24H27N5O3S/c1-5-14-29-22(17(3)25-23(31)18-8-6-16(2)7-9-18)27-28-24(29)33-15-21(30)26-19-10-12-20(32-4)13-11-19/h5-13,17H,1,14-15H2,2-4H3,(H,25,31)(H,26,30)/t17-/m0/s1. The Morgan fingerprint density at radius 1 is 1.15 bits per heavy atom. The molecule has 1 heterocycles. The second kappa shape index (κ2) is 11.3. The van der Waals surface area contributed by atoms with Crippen LogP contribution in [0.4, 0.5) is 5.69 Å². The molecule has 0 bridgehead atoms. The number of carbonyl (C=O) groups excluding carboxylic acids is 2. The minimum absolute atomic E-state index is 0.158. The van der Waals surface area contributed by atoms with Crippen molar-refractivity contribution in [3.63, 3.8) is 0 Å². The summed E-state index contributed by atoms with van der Waals surface area (Å²) >= 11 is 1.27. The minimum atomic E-state index is -0.381. The minimum Gasteiger partial charge on any atom is -0.497 e. The Morgan fingerprint density at radius 3 is 2.48 bits per heavy atom. The van der Waals surface area contributed by atoms with E-state index in [2.05, 4.69) is 27.4 Å². The predicted octanol–water partition coefficient (Wildman–Crippen LogP) is 4.00. The summed E-state index contributed by atoms with van der Waals surface area (Å²) in [6.45, 7) is 8.07. The Kier molecular flexibility index (Phi) is 8.26. The molecule has 2 N–H and O–H groups in total. The van der Waals surface area contributed by atoms with Crippen molar-refractivity contribution in [2.24, 2.45) is 0 Å².